The van der Waals surface area contributed by atoms with Crippen LogP contribution in [0, 0.1) is 12.8 Å². The van der Waals surface area contributed by atoms with Gasteiger partial charge in [-0.2, -0.15) is 5.10 Å². The zero-order valence-corrected chi connectivity index (χ0v) is 24.9. The lowest BCUT2D eigenvalue weighted by atomic mass is 9.83. The number of aryl methyl sites for hydroxylation is 1. The molecule has 1 saturated carbocycles. The van der Waals surface area contributed by atoms with Crippen molar-refractivity contribution in [2.45, 2.75) is 76.9 Å². The molecular weight excluding hydrogens is 530 g/mol. The van der Waals surface area contributed by atoms with E-state index in [1.54, 1.807) is 18.2 Å². The van der Waals surface area contributed by atoms with Gasteiger partial charge in [0, 0.05) is 31.3 Å². The number of benzene rings is 1. The number of anilines is 1. The number of fused-ring (bicyclic) bond motifs is 1. The van der Waals surface area contributed by atoms with Gasteiger partial charge < -0.3 is 14.7 Å². The second kappa shape index (κ2) is 12.1. The van der Waals surface area contributed by atoms with Gasteiger partial charge in [-0.3, -0.25) is 14.6 Å². The van der Waals surface area contributed by atoms with E-state index in [9.17, 15) is 14.7 Å². The zero-order valence-electron chi connectivity index (χ0n) is 24.9. The normalized spacial score (nSPS) is 20.5. The number of amides is 3. The Morgan fingerprint density at radius 1 is 1.05 bits per heavy atom. The number of hydrogen-bond acceptors (Lipinski definition) is 6. The molecule has 0 spiro atoms. The molecule has 2 aliphatic heterocycles. The Bertz CT molecular complexity index is 1440. The summed E-state index contributed by atoms with van der Waals surface area (Å²) in [6, 6.07) is 9.74. The van der Waals surface area contributed by atoms with Crippen molar-refractivity contribution in [2.24, 2.45) is 5.92 Å². The van der Waals surface area contributed by atoms with Crippen molar-refractivity contribution in [1.29, 1.82) is 0 Å². The van der Waals surface area contributed by atoms with Gasteiger partial charge in [-0.15, -0.1) is 0 Å². The second-order valence-electron chi connectivity index (χ2n) is 12.6. The maximum Gasteiger partial charge on any atom is 0.331 e. The molecule has 0 unspecified atom stereocenters. The van der Waals surface area contributed by atoms with E-state index in [0.717, 1.165) is 86.9 Å². The average Bonchev–Trinajstić information content (AvgIpc) is 3.40. The smallest absolute Gasteiger partial charge is 0.331 e. The topological polar surface area (TPSA) is 90.6 Å². The largest absolute Gasteiger partial charge is 0.496 e. The van der Waals surface area contributed by atoms with Crippen molar-refractivity contribution in [3.63, 3.8) is 0 Å². The summed E-state index contributed by atoms with van der Waals surface area (Å²) in [7, 11) is 1.60. The van der Waals surface area contributed by atoms with Crippen LogP contribution in [0.15, 0.2) is 42.7 Å². The molecule has 0 bridgehead atoms. The number of rotatable bonds is 8. The lowest BCUT2D eigenvalue weighted by Gasteiger charge is -2.40. The van der Waals surface area contributed by atoms with E-state index in [1.807, 2.05) is 35.8 Å². The van der Waals surface area contributed by atoms with Crippen LogP contribution in [0.1, 0.15) is 68.1 Å². The molecule has 9 nitrogen and oxygen atoms in total. The Kier molecular flexibility index (Phi) is 8.23. The number of hydrogen-bond donors (Lipinski definition) is 1. The summed E-state index contributed by atoms with van der Waals surface area (Å²) < 4.78 is 7.33. The van der Waals surface area contributed by atoms with Gasteiger partial charge in [0.15, 0.2) is 0 Å². The van der Waals surface area contributed by atoms with Crippen LogP contribution < -0.4 is 9.64 Å². The predicted molar refractivity (Wildman–Crippen MR) is 162 cm³/mol. The van der Waals surface area contributed by atoms with Gasteiger partial charge in [0.05, 0.1) is 36.7 Å². The molecule has 4 heterocycles. The number of pyridine rings is 1. The summed E-state index contributed by atoms with van der Waals surface area (Å²) in [5.74, 6) is 1.08. The van der Waals surface area contributed by atoms with Gasteiger partial charge >= 0.3 is 6.03 Å². The number of methoxy groups -OCH3 is 1. The van der Waals surface area contributed by atoms with Crippen molar-refractivity contribution in [3.8, 4) is 5.75 Å². The van der Waals surface area contributed by atoms with Gasteiger partial charge in [-0.05, 0) is 87.4 Å². The molecular formula is C33H43N5O4. The summed E-state index contributed by atoms with van der Waals surface area (Å²) in [5.41, 5.74) is 4.19. The number of nitrogens with zero attached hydrogens (tertiary/aromatic N) is 5. The maximum atomic E-state index is 13.7. The van der Waals surface area contributed by atoms with Crippen molar-refractivity contribution in [3.05, 3.63) is 59.4 Å². The molecule has 1 aliphatic carbocycles. The molecule has 3 aliphatic rings. The van der Waals surface area contributed by atoms with Crippen LogP contribution >= 0.6 is 0 Å². The first kappa shape index (κ1) is 28.7. The molecule has 0 radical (unpaired) electrons. The molecule has 2 aromatic heterocycles. The second-order valence-corrected chi connectivity index (χ2v) is 12.6. The third kappa shape index (κ3) is 6.03. The molecule has 0 atom stereocenters. The molecule has 6 rings (SSSR count). The minimum atomic E-state index is -0.493. The molecule has 3 fully saturated rings. The number of aliphatic hydroxyl groups is 1. The molecule has 1 N–H and O–H groups in total. The van der Waals surface area contributed by atoms with Crippen LogP contribution in [0.25, 0.3) is 5.52 Å². The van der Waals surface area contributed by atoms with Gasteiger partial charge in [0.25, 0.3) is 0 Å². The lowest BCUT2D eigenvalue weighted by Crippen LogP contribution is -2.52. The third-order valence-electron chi connectivity index (χ3n) is 9.47. The van der Waals surface area contributed by atoms with Crippen molar-refractivity contribution in [1.82, 2.24) is 19.4 Å². The summed E-state index contributed by atoms with van der Waals surface area (Å²) in [4.78, 5) is 32.0. The molecule has 9 heteroatoms. The summed E-state index contributed by atoms with van der Waals surface area (Å²) in [5, 5.41) is 15.5. The Morgan fingerprint density at radius 3 is 2.60 bits per heavy atom. The third-order valence-corrected chi connectivity index (χ3v) is 9.47. The number of urea groups is 1. The number of imide groups is 1. The Morgan fingerprint density at radius 2 is 1.83 bits per heavy atom. The van der Waals surface area contributed by atoms with Crippen LogP contribution in [0.4, 0.5) is 10.5 Å². The number of carbonyl (C=O) groups excluding carboxylic acids is 2. The van der Waals surface area contributed by atoms with Crippen LogP contribution in [0.2, 0.25) is 0 Å². The maximum absolute atomic E-state index is 13.7. The van der Waals surface area contributed by atoms with Crippen LogP contribution in [0.3, 0.4) is 0 Å². The number of piperidine rings is 1. The SMILES string of the molecule is COc1cc(C)ccc1CN1C(=O)CCN(c2cnn3ccc(CC4CCN(CC5(O)CCCCC5)CC4)cc23)C1=O. The van der Waals surface area contributed by atoms with E-state index in [0.29, 0.717) is 18.2 Å². The lowest BCUT2D eigenvalue weighted by molar-refractivity contribution is -0.129. The van der Waals surface area contributed by atoms with E-state index in [1.165, 1.54) is 16.9 Å². The molecule has 1 aromatic carbocycles. The fourth-order valence-corrected chi connectivity index (χ4v) is 7.04. The van der Waals surface area contributed by atoms with Gasteiger partial charge in [-0.25, -0.2) is 9.31 Å². The highest BCUT2D eigenvalue weighted by molar-refractivity contribution is 6.07. The van der Waals surface area contributed by atoms with Gasteiger partial charge in [0.2, 0.25) is 5.91 Å². The quantitative estimate of drug-likeness (QED) is 0.410. The first-order valence-electron chi connectivity index (χ1n) is 15.5. The summed E-state index contributed by atoms with van der Waals surface area (Å²) in [6.07, 6.45) is 12.6. The van der Waals surface area contributed by atoms with Crippen LogP contribution in [-0.4, -0.2) is 75.3 Å². The Hall–Kier alpha value is -3.43. The average molecular weight is 574 g/mol. The standard InChI is InChI=1S/C33H43N5O4/c1-24-6-7-27(30(18-24)42-2)22-37-31(39)11-16-36(32(37)40)29-21-34-38-17-10-26(20-28(29)38)19-25-8-14-35(15-9-25)23-33(41)12-4-3-5-13-33/h6-7,10,17-18,20-21,25,41H,3-5,8-9,11-16,19,22-23H2,1-2H3. The van der Waals surface area contributed by atoms with E-state index in [-0.39, 0.29) is 24.9 Å². The first-order chi connectivity index (χ1) is 20.3. The van der Waals surface area contributed by atoms with Crippen molar-refractivity contribution < 1.29 is 19.4 Å². The molecule has 2 saturated heterocycles. The molecule has 3 aromatic rings. The highest BCUT2D eigenvalue weighted by atomic mass is 16.5. The fraction of sp³-hybridized carbons (Fsp3) is 0.545. The first-order valence-corrected chi connectivity index (χ1v) is 15.5. The molecule has 3 amide bonds. The molecule has 224 valence electrons. The summed E-state index contributed by atoms with van der Waals surface area (Å²) >= 11 is 0. The number of carbonyl (C=O) groups is 2. The number of β-amino-alcohol motifs (C(OH)–C–C–N with tert-alkyl or cyclic N) is 1. The highest BCUT2D eigenvalue weighted by Crippen LogP contribution is 2.32. The van der Waals surface area contributed by atoms with E-state index in [4.69, 9.17) is 4.74 Å². The van der Waals surface area contributed by atoms with Crippen LogP contribution in [0.5, 0.6) is 5.75 Å². The predicted octanol–water partition coefficient (Wildman–Crippen LogP) is 4.96. The van der Waals surface area contributed by atoms with Crippen molar-refractivity contribution in [2.75, 3.05) is 38.2 Å². The number of ether oxygens (including phenoxy) is 1. The summed E-state index contributed by atoms with van der Waals surface area (Å²) in [6.45, 7) is 5.35. The van der Waals surface area contributed by atoms with Crippen LogP contribution in [-0.2, 0) is 17.8 Å². The minimum absolute atomic E-state index is 0.165. The number of likely N-dealkylation sites (tertiary alicyclic amines) is 1. The zero-order chi connectivity index (χ0) is 29.3. The monoisotopic (exact) mass is 573 g/mol. The number of aromatic nitrogens is 2. The van der Waals surface area contributed by atoms with E-state index in [2.05, 4.69) is 22.1 Å². The van der Waals surface area contributed by atoms with Gasteiger partial charge in [0.1, 0.15) is 5.75 Å². The van der Waals surface area contributed by atoms with Crippen molar-refractivity contribution >= 4 is 23.1 Å². The Balaban J connectivity index is 1.13. The van der Waals surface area contributed by atoms with E-state index < -0.39 is 5.60 Å². The fourth-order valence-electron chi connectivity index (χ4n) is 7.04. The van der Waals surface area contributed by atoms with Gasteiger partial charge in [-0.1, -0.05) is 31.4 Å². The van der Waals surface area contributed by atoms with E-state index >= 15 is 0 Å². The Labute approximate surface area is 248 Å². The highest BCUT2D eigenvalue weighted by Gasteiger charge is 2.35. The minimum Gasteiger partial charge on any atom is -0.496 e. The molecule has 42 heavy (non-hydrogen) atoms.